The fraction of sp³-hybridized carbons (Fsp3) is 0.647. The summed E-state index contributed by atoms with van der Waals surface area (Å²) >= 11 is 0. The highest BCUT2D eigenvalue weighted by atomic mass is 16.2. The van der Waals surface area contributed by atoms with Crippen LogP contribution in [0.4, 0.5) is 5.82 Å². The van der Waals surface area contributed by atoms with Gasteiger partial charge in [0.15, 0.2) is 5.65 Å². The Morgan fingerprint density at radius 3 is 2.83 bits per heavy atom. The minimum absolute atomic E-state index is 0.276. The molecule has 4 rings (SSSR count). The summed E-state index contributed by atoms with van der Waals surface area (Å²) in [6, 6.07) is 0.656. The second-order valence-electron chi connectivity index (χ2n) is 6.76. The molecule has 0 aliphatic carbocycles. The van der Waals surface area contributed by atoms with Crippen LogP contribution in [0.25, 0.3) is 11.0 Å². The molecule has 2 aromatic heterocycles. The van der Waals surface area contributed by atoms with Gasteiger partial charge in [-0.05, 0) is 25.7 Å². The lowest BCUT2D eigenvalue weighted by molar-refractivity contribution is -0.132. The second kappa shape index (κ2) is 6.03. The smallest absolute Gasteiger partial charge is 0.222 e. The van der Waals surface area contributed by atoms with Crippen LogP contribution in [-0.4, -0.2) is 55.7 Å². The van der Waals surface area contributed by atoms with Gasteiger partial charge in [0.25, 0.3) is 0 Å². The second-order valence-corrected chi connectivity index (χ2v) is 6.76. The zero-order valence-corrected chi connectivity index (χ0v) is 14.4. The van der Waals surface area contributed by atoms with E-state index in [9.17, 15) is 4.79 Å². The number of likely N-dealkylation sites (tertiary alicyclic amines) is 1. The van der Waals surface area contributed by atoms with Gasteiger partial charge < -0.3 is 9.80 Å². The van der Waals surface area contributed by atoms with E-state index in [2.05, 4.69) is 24.9 Å². The molecule has 2 atom stereocenters. The normalized spacial score (nSPS) is 24.2. The van der Waals surface area contributed by atoms with Crippen LogP contribution >= 0.6 is 0 Å². The Kier molecular flexibility index (Phi) is 3.86. The Hall–Kier alpha value is -2.18. The number of carbonyl (C=O) groups excluding carboxylic acids is 1. The van der Waals surface area contributed by atoms with E-state index in [-0.39, 0.29) is 5.91 Å². The molecular formula is C17H24N6O. The molecule has 7 heteroatoms. The van der Waals surface area contributed by atoms with Crippen molar-refractivity contribution in [2.24, 2.45) is 7.05 Å². The lowest BCUT2D eigenvalue weighted by atomic mass is 10.0. The SMILES string of the molecule is CCC(=O)N1CCC[C@H]1[C@H]1CCCN1c1ncnc2c1cnn2C. The number of aromatic nitrogens is 4. The topological polar surface area (TPSA) is 67.2 Å². The Labute approximate surface area is 141 Å². The van der Waals surface area contributed by atoms with Crippen molar-refractivity contribution in [3.63, 3.8) is 0 Å². The van der Waals surface area contributed by atoms with E-state index >= 15 is 0 Å². The molecule has 2 aliphatic rings. The quantitative estimate of drug-likeness (QED) is 0.858. The first kappa shape index (κ1) is 15.4. The Bertz CT molecular complexity index is 757. The lowest BCUT2D eigenvalue weighted by Gasteiger charge is -2.35. The van der Waals surface area contributed by atoms with Gasteiger partial charge in [0.05, 0.1) is 23.7 Å². The van der Waals surface area contributed by atoms with E-state index in [1.807, 2.05) is 20.2 Å². The molecule has 0 N–H and O–H groups in total. The summed E-state index contributed by atoms with van der Waals surface area (Å²) in [5, 5.41) is 5.33. The van der Waals surface area contributed by atoms with Crippen molar-refractivity contribution < 1.29 is 4.79 Å². The van der Waals surface area contributed by atoms with Crippen LogP contribution in [0.3, 0.4) is 0 Å². The third kappa shape index (κ3) is 2.34. The zero-order valence-electron chi connectivity index (χ0n) is 14.4. The number of nitrogens with zero attached hydrogens (tertiary/aromatic N) is 6. The first-order chi connectivity index (χ1) is 11.7. The number of hydrogen-bond donors (Lipinski definition) is 0. The number of anilines is 1. The van der Waals surface area contributed by atoms with Crippen molar-refractivity contribution in [3.8, 4) is 0 Å². The lowest BCUT2D eigenvalue weighted by Crippen LogP contribution is -2.48. The number of aryl methyl sites for hydroxylation is 1. The zero-order chi connectivity index (χ0) is 16.7. The summed E-state index contributed by atoms with van der Waals surface area (Å²) < 4.78 is 1.79. The van der Waals surface area contributed by atoms with Crippen molar-refractivity contribution in [1.82, 2.24) is 24.6 Å². The maximum atomic E-state index is 12.3. The highest BCUT2D eigenvalue weighted by molar-refractivity contribution is 5.87. The predicted molar refractivity (Wildman–Crippen MR) is 91.7 cm³/mol. The van der Waals surface area contributed by atoms with Crippen LogP contribution in [0.1, 0.15) is 39.0 Å². The van der Waals surface area contributed by atoms with E-state index in [0.717, 1.165) is 55.6 Å². The molecule has 2 saturated heterocycles. The molecule has 2 aliphatic heterocycles. The molecule has 0 saturated carbocycles. The molecule has 128 valence electrons. The van der Waals surface area contributed by atoms with E-state index in [1.165, 1.54) is 0 Å². The fourth-order valence-corrected chi connectivity index (χ4v) is 4.34. The van der Waals surface area contributed by atoms with Gasteiger partial charge in [-0.15, -0.1) is 0 Å². The van der Waals surface area contributed by atoms with Gasteiger partial charge in [0.1, 0.15) is 12.1 Å². The van der Waals surface area contributed by atoms with Crippen LogP contribution in [0.15, 0.2) is 12.5 Å². The molecule has 0 unspecified atom stereocenters. The van der Waals surface area contributed by atoms with Crippen LogP contribution in [0.2, 0.25) is 0 Å². The molecule has 0 radical (unpaired) electrons. The van der Waals surface area contributed by atoms with E-state index in [1.54, 1.807) is 11.0 Å². The molecule has 1 amide bonds. The molecule has 0 aromatic carbocycles. The third-order valence-electron chi connectivity index (χ3n) is 5.45. The Morgan fingerprint density at radius 1 is 1.21 bits per heavy atom. The van der Waals surface area contributed by atoms with Gasteiger partial charge in [-0.3, -0.25) is 9.48 Å². The van der Waals surface area contributed by atoms with Crippen LogP contribution < -0.4 is 4.90 Å². The third-order valence-corrected chi connectivity index (χ3v) is 5.45. The average molecular weight is 328 g/mol. The highest BCUT2D eigenvalue weighted by Gasteiger charge is 2.40. The molecule has 0 spiro atoms. The molecular weight excluding hydrogens is 304 g/mol. The number of rotatable bonds is 3. The Balaban J connectivity index is 1.68. The molecule has 2 aromatic rings. The van der Waals surface area contributed by atoms with E-state index in [0.29, 0.717) is 18.5 Å². The van der Waals surface area contributed by atoms with Gasteiger partial charge >= 0.3 is 0 Å². The first-order valence-electron chi connectivity index (χ1n) is 8.89. The standard InChI is InChI=1S/C17H24N6O/c1-3-15(24)22-8-4-6-13(22)14-7-5-9-23(14)17-12-10-20-21(2)16(12)18-11-19-17/h10-11,13-14H,3-9H2,1-2H3/t13-,14+/m0/s1. The molecule has 0 bridgehead atoms. The Morgan fingerprint density at radius 2 is 2.00 bits per heavy atom. The van der Waals surface area contributed by atoms with Crippen LogP contribution in [0.5, 0.6) is 0 Å². The van der Waals surface area contributed by atoms with Gasteiger partial charge in [-0.1, -0.05) is 6.92 Å². The maximum Gasteiger partial charge on any atom is 0.222 e. The van der Waals surface area contributed by atoms with E-state index in [4.69, 9.17) is 0 Å². The maximum absolute atomic E-state index is 12.3. The van der Waals surface area contributed by atoms with Crippen molar-refractivity contribution in [3.05, 3.63) is 12.5 Å². The van der Waals surface area contributed by atoms with Gasteiger partial charge in [0.2, 0.25) is 5.91 Å². The van der Waals surface area contributed by atoms with Crippen molar-refractivity contribution >= 4 is 22.8 Å². The monoisotopic (exact) mass is 328 g/mol. The van der Waals surface area contributed by atoms with Crippen molar-refractivity contribution in [2.75, 3.05) is 18.0 Å². The van der Waals surface area contributed by atoms with Gasteiger partial charge in [-0.2, -0.15) is 5.10 Å². The van der Waals surface area contributed by atoms with Crippen LogP contribution in [-0.2, 0) is 11.8 Å². The molecule has 24 heavy (non-hydrogen) atoms. The van der Waals surface area contributed by atoms with Gasteiger partial charge in [-0.25, -0.2) is 9.97 Å². The summed E-state index contributed by atoms with van der Waals surface area (Å²) in [6.45, 7) is 3.83. The summed E-state index contributed by atoms with van der Waals surface area (Å²) in [7, 11) is 1.90. The molecule has 7 nitrogen and oxygen atoms in total. The van der Waals surface area contributed by atoms with Crippen LogP contribution in [0, 0.1) is 0 Å². The minimum atomic E-state index is 0.276. The summed E-state index contributed by atoms with van der Waals surface area (Å²) in [5.74, 6) is 1.24. The first-order valence-corrected chi connectivity index (χ1v) is 8.89. The minimum Gasteiger partial charge on any atom is -0.351 e. The average Bonchev–Trinajstić information content (AvgIpc) is 3.33. The van der Waals surface area contributed by atoms with Crippen molar-refractivity contribution in [1.29, 1.82) is 0 Å². The molecule has 4 heterocycles. The number of amides is 1. The summed E-state index contributed by atoms with van der Waals surface area (Å²) in [5.41, 5.74) is 0.860. The fourth-order valence-electron chi connectivity index (χ4n) is 4.34. The van der Waals surface area contributed by atoms with Crippen molar-refractivity contribution in [2.45, 2.75) is 51.1 Å². The number of carbonyl (C=O) groups is 1. The number of hydrogen-bond acceptors (Lipinski definition) is 5. The van der Waals surface area contributed by atoms with E-state index < -0.39 is 0 Å². The predicted octanol–water partition coefficient (Wildman–Crippen LogP) is 1.73. The summed E-state index contributed by atoms with van der Waals surface area (Å²) in [4.78, 5) is 25.7. The largest absolute Gasteiger partial charge is 0.351 e. The van der Waals surface area contributed by atoms with Gasteiger partial charge in [0, 0.05) is 26.6 Å². The highest BCUT2D eigenvalue weighted by Crippen LogP contribution is 2.35. The summed E-state index contributed by atoms with van der Waals surface area (Å²) in [6.07, 6.45) is 8.51. The number of fused-ring (bicyclic) bond motifs is 1. The molecule has 2 fully saturated rings.